The molecule has 0 fully saturated rings. The van der Waals surface area contributed by atoms with Crippen LogP contribution in [0, 0.1) is 5.92 Å². The molecule has 0 bridgehead atoms. The Morgan fingerprint density at radius 3 is 2.61 bits per heavy atom. The van der Waals surface area contributed by atoms with Gasteiger partial charge in [0.1, 0.15) is 6.04 Å². The number of nitrogens with zero attached hydrogens (tertiary/aromatic N) is 1. The van der Waals surface area contributed by atoms with E-state index in [1.807, 2.05) is 44.2 Å². The first-order valence-electron chi connectivity index (χ1n) is 6.15. The molecule has 0 radical (unpaired) electrons. The molecule has 1 aromatic carbocycles. The van der Waals surface area contributed by atoms with Gasteiger partial charge in [-0.2, -0.15) is 0 Å². The number of aliphatic imine (C=N–C) groups is 1. The molecule has 0 spiro atoms. The van der Waals surface area contributed by atoms with Gasteiger partial charge in [-0.15, -0.1) is 0 Å². The quantitative estimate of drug-likeness (QED) is 0.875. The summed E-state index contributed by atoms with van der Waals surface area (Å²) >= 11 is 0. The van der Waals surface area contributed by atoms with Crippen LogP contribution in [0.5, 0.6) is 0 Å². The van der Waals surface area contributed by atoms with Crippen molar-refractivity contribution in [2.45, 2.75) is 32.4 Å². The van der Waals surface area contributed by atoms with Gasteiger partial charge in [0.25, 0.3) is 5.91 Å². The van der Waals surface area contributed by atoms with E-state index in [1.54, 1.807) is 0 Å². The van der Waals surface area contributed by atoms with Crippen LogP contribution in [0.2, 0.25) is 0 Å². The van der Waals surface area contributed by atoms with Crippen molar-refractivity contribution in [3.8, 4) is 0 Å². The molecule has 2 rings (SSSR count). The second-order valence-electron chi connectivity index (χ2n) is 4.82. The summed E-state index contributed by atoms with van der Waals surface area (Å²) in [4.78, 5) is 15.9. The molecule has 2 N–H and O–H groups in total. The fourth-order valence-corrected chi connectivity index (χ4v) is 2.01. The lowest BCUT2D eigenvalue weighted by atomic mass is 10.0. The maximum absolute atomic E-state index is 11.4. The first-order chi connectivity index (χ1) is 8.58. The average molecular weight is 246 g/mol. The Hall–Kier alpha value is -1.84. The number of nitrogens with two attached hydrogens (primary N) is 1. The van der Waals surface area contributed by atoms with Gasteiger partial charge in [0.05, 0.1) is 0 Å². The highest BCUT2D eigenvalue weighted by Crippen LogP contribution is 2.21. The minimum atomic E-state index is -0.636. The number of benzene rings is 1. The van der Waals surface area contributed by atoms with E-state index in [2.05, 4.69) is 4.99 Å². The molecule has 0 saturated carbocycles. The number of rotatable bonds is 4. The second-order valence-corrected chi connectivity index (χ2v) is 4.82. The van der Waals surface area contributed by atoms with Gasteiger partial charge in [-0.25, -0.2) is 4.99 Å². The van der Waals surface area contributed by atoms with Crippen molar-refractivity contribution in [1.82, 2.24) is 0 Å². The van der Waals surface area contributed by atoms with Crippen molar-refractivity contribution in [2.75, 3.05) is 0 Å². The third-order valence-electron chi connectivity index (χ3n) is 2.95. The molecule has 0 aliphatic carbocycles. The molecular weight excluding hydrogens is 228 g/mol. The molecule has 1 aromatic rings. The van der Waals surface area contributed by atoms with E-state index in [4.69, 9.17) is 10.5 Å². The van der Waals surface area contributed by atoms with E-state index in [-0.39, 0.29) is 12.0 Å². The number of primary amides is 1. The SMILES string of the molecule is CC(C)C1=N[C@@H](Cc2ccccc2)[C@@H](C(N)=O)O1. The standard InChI is InChI=1S/C14H18N2O2/c1-9(2)14-16-11(12(18-14)13(15)17)8-10-6-4-3-5-7-10/h3-7,9,11-12H,8H2,1-2H3,(H2,15,17)/t11-,12-/m0/s1. The number of hydrogen-bond donors (Lipinski definition) is 1. The summed E-state index contributed by atoms with van der Waals surface area (Å²) in [5.74, 6) is 0.350. The summed E-state index contributed by atoms with van der Waals surface area (Å²) in [5.41, 5.74) is 6.50. The van der Waals surface area contributed by atoms with E-state index < -0.39 is 12.0 Å². The van der Waals surface area contributed by atoms with Crippen LogP contribution >= 0.6 is 0 Å². The van der Waals surface area contributed by atoms with Gasteiger partial charge in [-0.3, -0.25) is 4.79 Å². The zero-order valence-corrected chi connectivity index (χ0v) is 10.7. The topological polar surface area (TPSA) is 64.7 Å². The van der Waals surface area contributed by atoms with Gasteiger partial charge in [0.15, 0.2) is 5.90 Å². The molecule has 18 heavy (non-hydrogen) atoms. The van der Waals surface area contributed by atoms with Crippen LogP contribution in [0.3, 0.4) is 0 Å². The highest BCUT2D eigenvalue weighted by atomic mass is 16.5. The van der Waals surface area contributed by atoms with E-state index in [1.165, 1.54) is 0 Å². The number of ether oxygens (including phenoxy) is 1. The van der Waals surface area contributed by atoms with Crippen molar-refractivity contribution in [3.05, 3.63) is 35.9 Å². The summed E-state index contributed by atoms with van der Waals surface area (Å²) in [6, 6.07) is 9.72. The maximum Gasteiger partial charge on any atom is 0.260 e. The normalized spacial score (nSPS) is 22.7. The Kier molecular flexibility index (Phi) is 3.65. The third kappa shape index (κ3) is 2.70. The van der Waals surface area contributed by atoms with E-state index in [9.17, 15) is 4.79 Å². The molecule has 1 aliphatic heterocycles. The Bertz CT molecular complexity index is 454. The fourth-order valence-electron chi connectivity index (χ4n) is 2.01. The van der Waals surface area contributed by atoms with Crippen molar-refractivity contribution < 1.29 is 9.53 Å². The first kappa shape index (κ1) is 12.6. The summed E-state index contributed by atoms with van der Waals surface area (Å²) in [5, 5.41) is 0. The van der Waals surface area contributed by atoms with Gasteiger partial charge in [0, 0.05) is 5.92 Å². The molecule has 2 atom stereocenters. The summed E-state index contributed by atoms with van der Waals surface area (Å²) < 4.78 is 5.54. The highest BCUT2D eigenvalue weighted by molar-refractivity contribution is 5.88. The van der Waals surface area contributed by atoms with Crippen molar-refractivity contribution in [3.63, 3.8) is 0 Å². The van der Waals surface area contributed by atoms with Crippen LogP contribution in [0.15, 0.2) is 35.3 Å². The van der Waals surface area contributed by atoms with Crippen LogP contribution in [0.4, 0.5) is 0 Å². The zero-order valence-electron chi connectivity index (χ0n) is 10.7. The molecule has 0 unspecified atom stereocenters. The number of hydrogen-bond acceptors (Lipinski definition) is 3. The van der Waals surface area contributed by atoms with E-state index in [0.717, 1.165) is 5.56 Å². The molecule has 96 valence electrons. The van der Waals surface area contributed by atoms with Crippen molar-refractivity contribution in [2.24, 2.45) is 16.6 Å². The van der Waals surface area contributed by atoms with Crippen LogP contribution in [0.25, 0.3) is 0 Å². The number of carbonyl (C=O) groups is 1. The smallest absolute Gasteiger partial charge is 0.260 e. The van der Waals surface area contributed by atoms with Crippen LogP contribution in [-0.4, -0.2) is 24.0 Å². The molecule has 1 amide bonds. The van der Waals surface area contributed by atoms with Crippen LogP contribution in [-0.2, 0) is 16.0 Å². The maximum atomic E-state index is 11.4. The van der Waals surface area contributed by atoms with Gasteiger partial charge in [0.2, 0.25) is 6.10 Å². The van der Waals surface area contributed by atoms with Gasteiger partial charge in [-0.1, -0.05) is 44.2 Å². The van der Waals surface area contributed by atoms with Crippen molar-refractivity contribution >= 4 is 11.8 Å². The number of carbonyl (C=O) groups excluding carboxylic acids is 1. The molecule has 0 aromatic heterocycles. The van der Waals surface area contributed by atoms with E-state index in [0.29, 0.717) is 12.3 Å². The second kappa shape index (κ2) is 5.21. The van der Waals surface area contributed by atoms with E-state index >= 15 is 0 Å². The van der Waals surface area contributed by atoms with Crippen LogP contribution in [0.1, 0.15) is 19.4 Å². The molecule has 1 heterocycles. The molecule has 0 saturated heterocycles. The monoisotopic (exact) mass is 246 g/mol. The Morgan fingerprint density at radius 2 is 2.06 bits per heavy atom. The zero-order chi connectivity index (χ0) is 13.1. The predicted molar refractivity (Wildman–Crippen MR) is 70.3 cm³/mol. The summed E-state index contributed by atoms with van der Waals surface area (Å²) in [7, 11) is 0. The lowest BCUT2D eigenvalue weighted by Crippen LogP contribution is -2.38. The Balaban J connectivity index is 2.15. The molecule has 4 heteroatoms. The highest BCUT2D eigenvalue weighted by Gasteiger charge is 2.36. The summed E-state index contributed by atoms with van der Waals surface area (Å²) in [6.45, 7) is 3.98. The predicted octanol–water partition coefficient (Wildman–Crippen LogP) is 1.54. The van der Waals surface area contributed by atoms with Gasteiger partial charge < -0.3 is 10.5 Å². The molecule has 1 aliphatic rings. The Morgan fingerprint density at radius 1 is 1.39 bits per heavy atom. The molecule has 4 nitrogen and oxygen atoms in total. The largest absolute Gasteiger partial charge is 0.465 e. The van der Waals surface area contributed by atoms with Crippen LogP contribution < -0.4 is 5.73 Å². The fraction of sp³-hybridized carbons (Fsp3) is 0.429. The lowest BCUT2D eigenvalue weighted by Gasteiger charge is -2.14. The Labute approximate surface area is 107 Å². The van der Waals surface area contributed by atoms with Crippen molar-refractivity contribution in [1.29, 1.82) is 0 Å². The van der Waals surface area contributed by atoms with Gasteiger partial charge in [-0.05, 0) is 12.0 Å². The average Bonchev–Trinajstić information content (AvgIpc) is 2.74. The minimum Gasteiger partial charge on any atom is -0.465 e. The third-order valence-corrected chi connectivity index (χ3v) is 2.95. The minimum absolute atomic E-state index is 0.174. The molecular formula is C14H18N2O2. The summed E-state index contributed by atoms with van der Waals surface area (Å²) in [6.07, 6.45) is 0.0348. The van der Waals surface area contributed by atoms with Gasteiger partial charge >= 0.3 is 0 Å². The lowest BCUT2D eigenvalue weighted by molar-refractivity contribution is -0.125. The first-order valence-corrected chi connectivity index (χ1v) is 6.15. The number of amides is 1.